The molecule has 0 unspecified atom stereocenters. The van der Waals surface area contributed by atoms with E-state index in [1.807, 2.05) is 44.2 Å². The molecule has 30 heavy (non-hydrogen) atoms. The Morgan fingerprint density at radius 2 is 2.03 bits per heavy atom. The minimum atomic E-state index is -0.439. The van der Waals surface area contributed by atoms with Crippen molar-refractivity contribution in [3.8, 4) is 16.9 Å². The number of halogens is 1. The molecule has 1 N–H and O–H groups in total. The highest BCUT2D eigenvalue weighted by molar-refractivity contribution is 6.33. The Morgan fingerprint density at radius 1 is 1.27 bits per heavy atom. The van der Waals surface area contributed by atoms with E-state index in [1.165, 1.54) is 6.08 Å². The van der Waals surface area contributed by atoms with Crippen LogP contribution < -0.4 is 10.1 Å². The van der Waals surface area contributed by atoms with E-state index in [2.05, 4.69) is 15.3 Å². The molecule has 2 aromatic carbocycles. The third-order valence-electron chi connectivity index (χ3n) is 4.32. The van der Waals surface area contributed by atoms with Gasteiger partial charge in [-0.3, -0.25) is 0 Å². The summed E-state index contributed by atoms with van der Waals surface area (Å²) in [5.41, 5.74) is 2.90. The van der Waals surface area contributed by atoms with Crippen molar-refractivity contribution >= 4 is 40.5 Å². The zero-order valence-electron chi connectivity index (χ0n) is 17.4. The second-order valence-electron chi connectivity index (χ2n) is 6.87. The number of hydrogen-bond donors (Lipinski definition) is 1. The number of benzene rings is 2. The lowest BCUT2D eigenvalue weighted by Crippen LogP contribution is -2.12. The Labute approximate surface area is 180 Å². The van der Waals surface area contributed by atoms with E-state index < -0.39 is 5.97 Å². The summed E-state index contributed by atoms with van der Waals surface area (Å²) in [5.74, 6) is 0.617. The summed E-state index contributed by atoms with van der Waals surface area (Å²) in [4.78, 5) is 21.0. The van der Waals surface area contributed by atoms with E-state index in [-0.39, 0.29) is 6.04 Å². The Balaban J connectivity index is 2.29. The summed E-state index contributed by atoms with van der Waals surface area (Å²) in [6.07, 6.45) is 4.77. The average molecular weight is 426 g/mol. The first kappa shape index (κ1) is 21.6. The summed E-state index contributed by atoms with van der Waals surface area (Å²) in [5, 5.41) is 4.59. The molecule has 0 saturated carbocycles. The fourth-order valence-corrected chi connectivity index (χ4v) is 3.35. The van der Waals surface area contributed by atoms with E-state index >= 15 is 0 Å². The monoisotopic (exact) mass is 425 g/mol. The Hall–Kier alpha value is -3.12. The van der Waals surface area contributed by atoms with E-state index in [9.17, 15) is 4.79 Å². The van der Waals surface area contributed by atoms with Crippen LogP contribution in [0.3, 0.4) is 0 Å². The summed E-state index contributed by atoms with van der Waals surface area (Å²) in [6.45, 7) is 6.08. The number of ether oxygens (including phenoxy) is 2. The van der Waals surface area contributed by atoms with Gasteiger partial charge in [-0.05, 0) is 39.0 Å². The number of aromatic nitrogens is 2. The van der Waals surface area contributed by atoms with Gasteiger partial charge in [-0.1, -0.05) is 29.8 Å². The van der Waals surface area contributed by atoms with E-state index in [4.69, 9.17) is 21.1 Å². The van der Waals surface area contributed by atoms with Crippen LogP contribution in [-0.4, -0.2) is 35.7 Å². The van der Waals surface area contributed by atoms with Crippen molar-refractivity contribution in [2.45, 2.75) is 26.8 Å². The second-order valence-corrected chi connectivity index (χ2v) is 7.27. The summed E-state index contributed by atoms with van der Waals surface area (Å²) >= 11 is 6.45. The van der Waals surface area contributed by atoms with Crippen LogP contribution in [0.25, 0.3) is 28.1 Å². The molecule has 0 amide bonds. The lowest BCUT2D eigenvalue weighted by Gasteiger charge is -2.16. The number of rotatable bonds is 7. The molecule has 0 aliphatic rings. The molecule has 3 rings (SSSR count). The predicted molar refractivity (Wildman–Crippen MR) is 121 cm³/mol. The van der Waals surface area contributed by atoms with Crippen molar-refractivity contribution in [2.24, 2.45) is 0 Å². The van der Waals surface area contributed by atoms with E-state index in [0.29, 0.717) is 34.4 Å². The van der Waals surface area contributed by atoms with E-state index in [0.717, 1.165) is 16.5 Å². The number of hydrogen-bond acceptors (Lipinski definition) is 6. The SMILES string of the molecule is CCOC(=O)/C=C/c1c(OC)c(-c2ccccc2Cl)cc2cnc(NC(C)C)nc12. The number of carbonyl (C=O) groups is 1. The van der Waals surface area contributed by atoms with E-state index in [1.54, 1.807) is 26.3 Å². The third kappa shape index (κ3) is 4.71. The molecule has 3 aromatic rings. The van der Waals surface area contributed by atoms with Gasteiger partial charge in [-0.15, -0.1) is 0 Å². The normalized spacial score (nSPS) is 11.3. The quantitative estimate of drug-likeness (QED) is 0.406. The van der Waals surface area contributed by atoms with Gasteiger partial charge in [0.15, 0.2) is 0 Å². The lowest BCUT2D eigenvalue weighted by molar-refractivity contribution is -0.137. The molecular formula is C23H24ClN3O3. The highest BCUT2D eigenvalue weighted by Gasteiger charge is 2.18. The molecule has 0 fully saturated rings. The number of methoxy groups -OCH3 is 1. The minimum absolute atomic E-state index is 0.172. The number of anilines is 1. The van der Waals surface area contributed by atoms with Crippen LogP contribution in [0.4, 0.5) is 5.95 Å². The summed E-state index contributed by atoms with van der Waals surface area (Å²) in [6, 6.07) is 9.63. The molecule has 1 aromatic heterocycles. The molecule has 0 spiro atoms. The summed E-state index contributed by atoms with van der Waals surface area (Å²) < 4.78 is 10.8. The Morgan fingerprint density at radius 3 is 2.70 bits per heavy atom. The minimum Gasteiger partial charge on any atom is -0.495 e. The molecule has 7 heteroatoms. The van der Waals surface area contributed by atoms with Crippen LogP contribution in [0.15, 0.2) is 42.6 Å². The fourth-order valence-electron chi connectivity index (χ4n) is 3.11. The van der Waals surface area contributed by atoms with Crippen molar-refractivity contribution in [3.05, 3.63) is 53.2 Å². The number of nitrogens with zero attached hydrogens (tertiary/aromatic N) is 2. The molecule has 0 aliphatic carbocycles. The molecular weight excluding hydrogens is 402 g/mol. The van der Waals surface area contributed by atoms with Gasteiger partial charge in [-0.2, -0.15) is 0 Å². The number of nitrogens with one attached hydrogen (secondary N) is 1. The van der Waals surface area contributed by atoms with Crippen LogP contribution in [0.2, 0.25) is 5.02 Å². The molecule has 0 atom stereocenters. The molecule has 0 saturated heterocycles. The van der Waals surface area contributed by atoms with Crippen LogP contribution >= 0.6 is 11.6 Å². The van der Waals surface area contributed by atoms with Crippen LogP contribution in [0, 0.1) is 0 Å². The zero-order valence-corrected chi connectivity index (χ0v) is 18.2. The molecule has 156 valence electrons. The van der Waals surface area contributed by atoms with Crippen LogP contribution in [-0.2, 0) is 9.53 Å². The first-order valence-electron chi connectivity index (χ1n) is 9.68. The average Bonchev–Trinajstić information content (AvgIpc) is 2.71. The molecule has 0 aliphatic heterocycles. The van der Waals surface area contributed by atoms with Gasteiger partial charge in [0.25, 0.3) is 0 Å². The van der Waals surface area contributed by atoms with Crippen molar-refractivity contribution in [2.75, 3.05) is 19.0 Å². The van der Waals surface area contributed by atoms with Crippen LogP contribution in [0.1, 0.15) is 26.3 Å². The Kier molecular flexibility index (Phi) is 6.90. The maximum Gasteiger partial charge on any atom is 0.330 e. The predicted octanol–water partition coefficient (Wildman–Crippen LogP) is 5.36. The van der Waals surface area contributed by atoms with Crippen molar-refractivity contribution in [1.29, 1.82) is 0 Å². The zero-order chi connectivity index (χ0) is 21.7. The number of esters is 1. The summed E-state index contributed by atoms with van der Waals surface area (Å²) in [7, 11) is 1.58. The first-order chi connectivity index (χ1) is 14.4. The maximum atomic E-state index is 12.0. The fraction of sp³-hybridized carbons (Fsp3) is 0.261. The van der Waals surface area contributed by atoms with Crippen LogP contribution in [0.5, 0.6) is 5.75 Å². The van der Waals surface area contributed by atoms with Gasteiger partial charge in [0.05, 0.1) is 19.2 Å². The van der Waals surface area contributed by atoms with Gasteiger partial charge in [0.1, 0.15) is 5.75 Å². The lowest BCUT2D eigenvalue weighted by atomic mass is 9.97. The van der Waals surface area contributed by atoms with Gasteiger partial charge in [0, 0.05) is 45.4 Å². The third-order valence-corrected chi connectivity index (χ3v) is 4.65. The molecule has 6 nitrogen and oxygen atoms in total. The number of fused-ring (bicyclic) bond motifs is 1. The highest BCUT2D eigenvalue weighted by Crippen LogP contribution is 2.41. The van der Waals surface area contributed by atoms with Crippen molar-refractivity contribution in [1.82, 2.24) is 9.97 Å². The maximum absolute atomic E-state index is 12.0. The number of carbonyl (C=O) groups excluding carboxylic acids is 1. The highest BCUT2D eigenvalue weighted by atomic mass is 35.5. The van der Waals surface area contributed by atoms with Crippen molar-refractivity contribution < 1.29 is 14.3 Å². The molecule has 0 radical (unpaired) electrons. The van der Waals surface area contributed by atoms with Crippen molar-refractivity contribution in [3.63, 3.8) is 0 Å². The smallest absolute Gasteiger partial charge is 0.330 e. The van der Waals surface area contributed by atoms with Gasteiger partial charge >= 0.3 is 5.97 Å². The van der Waals surface area contributed by atoms with Gasteiger partial charge < -0.3 is 14.8 Å². The molecule has 0 bridgehead atoms. The Bertz CT molecular complexity index is 1100. The second kappa shape index (κ2) is 9.59. The van der Waals surface area contributed by atoms with Gasteiger partial charge in [-0.25, -0.2) is 14.8 Å². The standard InChI is InChI=1S/C23H24ClN3O3/c1-5-30-20(28)11-10-17-21-15(13-25-23(27-21)26-14(2)3)12-18(22(17)29-4)16-8-6-7-9-19(16)24/h6-14H,5H2,1-4H3,(H,25,26,27)/b11-10+. The first-order valence-corrected chi connectivity index (χ1v) is 10.1. The topological polar surface area (TPSA) is 73.3 Å². The van der Waals surface area contributed by atoms with Gasteiger partial charge in [0.2, 0.25) is 5.95 Å². The molecule has 1 heterocycles. The largest absolute Gasteiger partial charge is 0.495 e.